The Morgan fingerprint density at radius 2 is 1.90 bits per heavy atom. The number of rotatable bonds is 4. The maximum atomic E-state index is 11.9. The van der Waals surface area contributed by atoms with Crippen molar-refractivity contribution in [3.63, 3.8) is 0 Å². The Balaban J connectivity index is 1.73. The third-order valence-electron chi connectivity index (χ3n) is 4.28. The van der Waals surface area contributed by atoms with Gasteiger partial charge in [-0.3, -0.25) is 4.79 Å². The molecule has 0 N–H and O–H groups in total. The standard InChI is InChI=1S/C17H23N3O/c1-14-6-7-15-16(21)8-13-20(17(15)18-14)12-5-11-19-9-3-2-4-10-19/h6-8,13H,2-5,9-12H2,1H3. The molecule has 112 valence electrons. The third-order valence-corrected chi connectivity index (χ3v) is 4.28. The Labute approximate surface area is 125 Å². The smallest absolute Gasteiger partial charge is 0.191 e. The zero-order valence-electron chi connectivity index (χ0n) is 12.7. The second-order valence-electron chi connectivity index (χ2n) is 5.95. The van der Waals surface area contributed by atoms with E-state index in [2.05, 4.69) is 14.5 Å². The highest BCUT2D eigenvalue weighted by molar-refractivity contribution is 5.74. The largest absolute Gasteiger partial charge is 0.332 e. The molecule has 1 saturated heterocycles. The third kappa shape index (κ3) is 3.32. The molecule has 21 heavy (non-hydrogen) atoms. The number of hydrogen-bond donors (Lipinski definition) is 0. The minimum Gasteiger partial charge on any atom is -0.332 e. The fourth-order valence-corrected chi connectivity index (χ4v) is 3.10. The van der Waals surface area contributed by atoms with Gasteiger partial charge in [0, 0.05) is 24.5 Å². The predicted molar refractivity (Wildman–Crippen MR) is 85.6 cm³/mol. The Morgan fingerprint density at radius 1 is 1.10 bits per heavy atom. The summed E-state index contributed by atoms with van der Waals surface area (Å²) in [7, 11) is 0. The highest BCUT2D eigenvalue weighted by Gasteiger charge is 2.10. The molecule has 1 aliphatic rings. The molecule has 0 amide bonds. The van der Waals surface area contributed by atoms with Crippen LogP contribution in [0.25, 0.3) is 11.0 Å². The minimum absolute atomic E-state index is 0.0600. The van der Waals surface area contributed by atoms with Gasteiger partial charge in [-0.15, -0.1) is 0 Å². The van der Waals surface area contributed by atoms with Gasteiger partial charge in [0.15, 0.2) is 5.43 Å². The number of aryl methyl sites for hydroxylation is 2. The van der Waals surface area contributed by atoms with Crippen LogP contribution in [0.1, 0.15) is 31.4 Å². The van der Waals surface area contributed by atoms with E-state index >= 15 is 0 Å². The molecule has 0 aliphatic carbocycles. The van der Waals surface area contributed by atoms with Gasteiger partial charge in [-0.1, -0.05) is 6.42 Å². The van der Waals surface area contributed by atoms with E-state index in [1.165, 1.54) is 32.4 Å². The van der Waals surface area contributed by atoms with E-state index < -0.39 is 0 Å². The highest BCUT2D eigenvalue weighted by atomic mass is 16.1. The fourth-order valence-electron chi connectivity index (χ4n) is 3.10. The monoisotopic (exact) mass is 285 g/mol. The van der Waals surface area contributed by atoms with Gasteiger partial charge in [0.05, 0.1) is 5.39 Å². The number of aromatic nitrogens is 2. The molecule has 0 spiro atoms. The molecule has 1 fully saturated rings. The van der Waals surface area contributed by atoms with Crippen LogP contribution < -0.4 is 5.43 Å². The Hall–Kier alpha value is -1.68. The number of fused-ring (bicyclic) bond motifs is 1. The van der Waals surface area contributed by atoms with Crippen LogP contribution in [0.5, 0.6) is 0 Å². The SMILES string of the molecule is Cc1ccc2c(=O)ccn(CCCN3CCCCC3)c2n1. The minimum atomic E-state index is 0.0600. The van der Waals surface area contributed by atoms with E-state index in [9.17, 15) is 4.79 Å². The van der Waals surface area contributed by atoms with Crippen molar-refractivity contribution >= 4 is 11.0 Å². The van der Waals surface area contributed by atoms with Crippen molar-refractivity contribution in [1.29, 1.82) is 0 Å². The maximum Gasteiger partial charge on any atom is 0.191 e. The second kappa shape index (κ2) is 6.39. The van der Waals surface area contributed by atoms with Gasteiger partial charge in [0.2, 0.25) is 0 Å². The number of likely N-dealkylation sites (tertiary alicyclic amines) is 1. The molecule has 0 unspecified atom stereocenters. The first-order valence-electron chi connectivity index (χ1n) is 7.93. The lowest BCUT2D eigenvalue weighted by atomic mass is 10.1. The van der Waals surface area contributed by atoms with Crippen molar-refractivity contribution < 1.29 is 0 Å². The molecule has 4 nitrogen and oxygen atoms in total. The Bertz CT molecular complexity index is 671. The maximum absolute atomic E-state index is 11.9. The van der Waals surface area contributed by atoms with E-state index in [0.29, 0.717) is 0 Å². The van der Waals surface area contributed by atoms with E-state index in [1.807, 2.05) is 25.3 Å². The molecule has 4 heteroatoms. The van der Waals surface area contributed by atoms with Crippen molar-refractivity contribution in [2.75, 3.05) is 19.6 Å². The number of nitrogens with zero attached hydrogens (tertiary/aromatic N) is 3. The van der Waals surface area contributed by atoms with Crippen molar-refractivity contribution in [3.05, 3.63) is 40.3 Å². The van der Waals surface area contributed by atoms with Crippen LogP contribution in [-0.2, 0) is 6.54 Å². The molecular formula is C17H23N3O. The van der Waals surface area contributed by atoms with Crippen LogP contribution in [-0.4, -0.2) is 34.1 Å². The predicted octanol–water partition coefficient (Wildman–Crippen LogP) is 2.58. The van der Waals surface area contributed by atoms with Gasteiger partial charge in [-0.05, 0) is 58.0 Å². The molecule has 0 radical (unpaired) electrons. The summed E-state index contributed by atoms with van der Waals surface area (Å²) in [6, 6.07) is 5.45. The highest BCUT2D eigenvalue weighted by Crippen LogP contribution is 2.11. The average Bonchev–Trinajstić information content (AvgIpc) is 2.50. The van der Waals surface area contributed by atoms with Crippen LogP contribution in [0.15, 0.2) is 29.2 Å². The second-order valence-corrected chi connectivity index (χ2v) is 5.95. The normalized spacial score (nSPS) is 16.4. The van der Waals surface area contributed by atoms with Crippen molar-refractivity contribution in [2.45, 2.75) is 39.2 Å². The summed E-state index contributed by atoms with van der Waals surface area (Å²) in [5, 5.41) is 0.723. The molecule has 0 bridgehead atoms. The summed E-state index contributed by atoms with van der Waals surface area (Å²) in [5.74, 6) is 0. The molecule has 0 atom stereocenters. The zero-order valence-corrected chi connectivity index (χ0v) is 12.7. The summed E-state index contributed by atoms with van der Waals surface area (Å²) in [5.41, 5.74) is 1.84. The molecule has 0 aromatic carbocycles. The summed E-state index contributed by atoms with van der Waals surface area (Å²) in [6.07, 6.45) is 7.04. The Morgan fingerprint density at radius 3 is 2.71 bits per heavy atom. The van der Waals surface area contributed by atoms with E-state index in [0.717, 1.165) is 36.2 Å². The first-order valence-corrected chi connectivity index (χ1v) is 7.93. The van der Waals surface area contributed by atoms with Crippen LogP contribution in [0, 0.1) is 6.92 Å². The molecule has 2 aromatic rings. The summed E-state index contributed by atoms with van der Waals surface area (Å²) in [4.78, 5) is 19.0. The van der Waals surface area contributed by atoms with Gasteiger partial charge < -0.3 is 9.47 Å². The van der Waals surface area contributed by atoms with Gasteiger partial charge >= 0.3 is 0 Å². The van der Waals surface area contributed by atoms with E-state index in [4.69, 9.17) is 0 Å². The van der Waals surface area contributed by atoms with Crippen molar-refractivity contribution in [1.82, 2.24) is 14.5 Å². The molecule has 0 saturated carbocycles. The first kappa shape index (κ1) is 14.3. The Kier molecular flexibility index (Phi) is 4.34. The molecule has 3 rings (SSSR count). The lowest BCUT2D eigenvalue weighted by Gasteiger charge is -2.26. The van der Waals surface area contributed by atoms with Gasteiger partial charge in [-0.2, -0.15) is 0 Å². The molecular weight excluding hydrogens is 262 g/mol. The van der Waals surface area contributed by atoms with Crippen LogP contribution in [0.2, 0.25) is 0 Å². The van der Waals surface area contributed by atoms with Crippen LogP contribution in [0.4, 0.5) is 0 Å². The first-order chi connectivity index (χ1) is 10.2. The zero-order chi connectivity index (χ0) is 14.7. The van der Waals surface area contributed by atoms with E-state index in [-0.39, 0.29) is 5.43 Å². The number of pyridine rings is 2. The molecule has 3 heterocycles. The molecule has 1 aliphatic heterocycles. The van der Waals surface area contributed by atoms with Crippen molar-refractivity contribution in [2.24, 2.45) is 0 Å². The van der Waals surface area contributed by atoms with Gasteiger partial charge in [0.1, 0.15) is 5.65 Å². The lowest BCUT2D eigenvalue weighted by Crippen LogP contribution is -2.31. The van der Waals surface area contributed by atoms with Crippen molar-refractivity contribution in [3.8, 4) is 0 Å². The van der Waals surface area contributed by atoms with Gasteiger partial charge in [0.25, 0.3) is 0 Å². The summed E-state index contributed by atoms with van der Waals surface area (Å²) < 4.78 is 2.12. The average molecular weight is 285 g/mol. The lowest BCUT2D eigenvalue weighted by molar-refractivity contribution is 0.223. The number of piperidine rings is 1. The molecule has 2 aromatic heterocycles. The summed E-state index contributed by atoms with van der Waals surface area (Å²) >= 11 is 0. The van der Waals surface area contributed by atoms with Gasteiger partial charge in [-0.25, -0.2) is 4.98 Å². The van der Waals surface area contributed by atoms with Crippen LogP contribution in [0.3, 0.4) is 0 Å². The quantitative estimate of drug-likeness (QED) is 0.866. The van der Waals surface area contributed by atoms with Crippen LogP contribution >= 0.6 is 0 Å². The summed E-state index contributed by atoms with van der Waals surface area (Å²) in [6.45, 7) is 6.50. The van der Waals surface area contributed by atoms with E-state index in [1.54, 1.807) is 6.07 Å². The number of hydrogen-bond acceptors (Lipinski definition) is 3. The topological polar surface area (TPSA) is 38.1 Å². The fraction of sp³-hybridized carbons (Fsp3) is 0.529.